The van der Waals surface area contributed by atoms with Gasteiger partial charge in [0, 0.05) is 26.2 Å². The normalized spacial score (nSPS) is 32.2. The monoisotopic (exact) mass is 173 g/mol. The summed E-state index contributed by atoms with van der Waals surface area (Å²) in [5, 5.41) is 22.8. The quantitative estimate of drug-likeness (QED) is 0.580. The van der Waals surface area contributed by atoms with Crippen LogP contribution in [0.4, 0.5) is 0 Å². The molecule has 71 valence electrons. The van der Waals surface area contributed by atoms with Crippen LogP contribution in [0, 0.1) is 0 Å². The van der Waals surface area contributed by atoms with Gasteiger partial charge in [-0.05, 0) is 6.92 Å². The highest BCUT2D eigenvalue weighted by atomic mass is 16.3. The molecule has 1 saturated heterocycles. The second-order valence-electron chi connectivity index (χ2n) is 3.52. The molecule has 0 aromatic carbocycles. The highest BCUT2D eigenvalue weighted by Gasteiger charge is 2.32. The standard InChI is InChI=1S/C8H17N2O2/c1-8(7-12)6-9-2-3-10(8)4-5-11/h9,12H,2-7H2,1H3. The Bertz CT molecular complexity index is 141. The Labute approximate surface area is 73.2 Å². The first-order valence-electron chi connectivity index (χ1n) is 4.38. The zero-order chi connectivity index (χ0) is 9.03. The molecule has 0 amide bonds. The second kappa shape index (κ2) is 4.18. The Morgan fingerprint density at radius 3 is 3.00 bits per heavy atom. The van der Waals surface area contributed by atoms with Crippen LogP contribution in [0.25, 0.3) is 0 Å². The molecule has 0 spiro atoms. The van der Waals surface area contributed by atoms with Crippen LogP contribution in [0.3, 0.4) is 0 Å². The van der Waals surface area contributed by atoms with Crippen LogP contribution in [0.15, 0.2) is 0 Å². The SMILES string of the molecule is CC1(CO)CNCCN1CC[O]. The highest BCUT2D eigenvalue weighted by molar-refractivity contribution is 4.91. The zero-order valence-electron chi connectivity index (χ0n) is 7.55. The largest absolute Gasteiger partial charge is 0.394 e. The fraction of sp³-hybridized carbons (Fsp3) is 1.00. The maximum absolute atomic E-state index is 10.5. The summed E-state index contributed by atoms with van der Waals surface area (Å²) in [6.45, 7) is 5.08. The molecule has 1 atom stereocenters. The maximum atomic E-state index is 10.5. The van der Waals surface area contributed by atoms with Crippen LogP contribution in [0.5, 0.6) is 0 Å². The summed E-state index contributed by atoms with van der Waals surface area (Å²) in [7, 11) is 0. The van der Waals surface area contributed by atoms with E-state index >= 15 is 0 Å². The van der Waals surface area contributed by atoms with Crippen molar-refractivity contribution >= 4 is 0 Å². The summed E-state index contributed by atoms with van der Waals surface area (Å²) in [4.78, 5) is 2.07. The third-order valence-corrected chi connectivity index (χ3v) is 2.53. The van der Waals surface area contributed by atoms with E-state index < -0.39 is 0 Å². The van der Waals surface area contributed by atoms with Crippen molar-refractivity contribution in [2.24, 2.45) is 0 Å². The molecular formula is C8H17N2O2. The number of rotatable bonds is 3. The Hall–Kier alpha value is -0.160. The van der Waals surface area contributed by atoms with Crippen molar-refractivity contribution in [3.8, 4) is 0 Å². The highest BCUT2D eigenvalue weighted by Crippen LogP contribution is 2.15. The van der Waals surface area contributed by atoms with Crippen molar-refractivity contribution in [2.45, 2.75) is 12.5 Å². The van der Waals surface area contributed by atoms with Crippen molar-refractivity contribution < 1.29 is 10.2 Å². The van der Waals surface area contributed by atoms with E-state index in [1.54, 1.807) is 0 Å². The first kappa shape index (κ1) is 9.92. The van der Waals surface area contributed by atoms with Gasteiger partial charge >= 0.3 is 0 Å². The van der Waals surface area contributed by atoms with Crippen molar-refractivity contribution in [3.63, 3.8) is 0 Å². The average Bonchev–Trinajstić information content (AvgIpc) is 2.10. The summed E-state index contributed by atoms with van der Waals surface area (Å²) in [5.74, 6) is 0. The Balaban J connectivity index is 2.53. The van der Waals surface area contributed by atoms with Crippen LogP contribution in [-0.4, -0.2) is 54.9 Å². The van der Waals surface area contributed by atoms with Crippen molar-refractivity contribution in [1.82, 2.24) is 10.2 Å². The van der Waals surface area contributed by atoms with Gasteiger partial charge in [-0.15, -0.1) is 0 Å². The molecule has 1 aliphatic rings. The lowest BCUT2D eigenvalue weighted by Crippen LogP contribution is -2.62. The number of hydrogen-bond donors (Lipinski definition) is 2. The molecule has 1 heterocycles. The van der Waals surface area contributed by atoms with Crippen LogP contribution in [0.1, 0.15) is 6.92 Å². The van der Waals surface area contributed by atoms with E-state index in [9.17, 15) is 5.11 Å². The summed E-state index contributed by atoms with van der Waals surface area (Å²) >= 11 is 0. The molecular weight excluding hydrogens is 156 g/mol. The van der Waals surface area contributed by atoms with Gasteiger partial charge in [-0.2, -0.15) is 0 Å². The molecule has 0 bridgehead atoms. The number of aliphatic hydroxyl groups is 1. The molecule has 1 rings (SSSR count). The summed E-state index contributed by atoms with van der Waals surface area (Å²) in [6, 6.07) is 0. The van der Waals surface area contributed by atoms with Gasteiger partial charge in [0.15, 0.2) is 0 Å². The van der Waals surface area contributed by atoms with Gasteiger partial charge in [-0.3, -0.25) is 4.90 Å². The van der Waals surface area contributed by atoms with Crippen molar-refractivity contribution in [3.05, 3.63) is 0 Å². The maximum Gasteiger partial charge on any atom is 0.0949 e. The minimum absolute atomic E-state index is 0.0877. The molecule has 12 heavy (non-hydrogen) atoms. The first-order valence-corrected chi connectivity index (χ1v) is 4.38. The molecule has 1 aliphatic heterocycles. The van der Waals surface area contributed by atoms with E-state index in [-0.39, 0.29) is 18.8 Å². The van der Waals surface area contributed by atoms with E-state index in [0.29, 0.717) is 6.54 Å². The molecule has 2 N–H and O–H groups in total. The lowest BCUT2D eigenvalue weighted by atomic mass is 9.99. The first-order chi connectivity index (χ1) is 5.73. The average molecular weight is 173 g/mol. The molecule has 1 radical (unpaired) electrons. The van der Waals surface area contributed by atoms with E-state index in [2.05, 4.69) is 10.2 Å². The molecule has 0 saturated carbocycles. The molecule has 4 heteroatoms. The summed E-state index contributed by atoms with van der Waals surface area (Å²) in [5.41, 5.74) is -0.233. The molecule has 4 nitrogen and oxygen atoms in total. The van der Waals surface area contributed by atoms with Crippen LogP contribution in [-0.2, 0) is 5.11 Å². The van der Waals surface area contributed by atoms with Crippen molar-refractivity contribution in [1.29, 1.82) is 0 Å². The molecule has 1 fully saturated rings. The zero-order valence-corrected chi connectivity index (χ0v) is 7.55. The fourth-order valence-corrected chi connectivity index (χ4v) is 1.60. The number of hydrogen-bond acceptors (Lipinski definition) is 3. The van der Waals surface area contributed by atoms with E-state index in [1.807, 2.05) is 6.92 Å². The fourth-order valence-electron chi connectivity index (χ4n) is 1.60. The van der Waals surface area contributed by atoms with Crippen LogP contribution in [0.2, 0.25) is 0 Å². The van der Waals surface area contributed by atoms with Gasteiger partial charge in [-0.25, -0.2) is 5.11 Å². The molecule has 1 unspecified atom stereocenters. The van der Waals surface area contributed by atoms with Crippen molar-refractivity contribution in [2.75, 3.05) is 39.4 Å². The van der Waals surface area contributed by atoms with E-state index in [0.717, 1.165) is 19.6 Å². The van der Waals surface area contributed by atoms with Crippen LogP contribution >= 0.6 is 0 Å². The molecule has 0 aromatic rings. The number of aliphatic hydroxyl groups excluding tert-OH is 1. The smallest absolute Gasteiger partial charge is 0.0949 e. The number of nitrogens with zero attached hydrogens (tertiary/aromatic N) is 1. The van der Waals surface area contributed by atoms with Gasteiger partial charge in [0.2, 0.25) is 0 Å². The minimum Gasteiger partial charge on any atom is -0.394 e. The predicted molar refractivity (Wildman–Crippen MR) is 45.5 cm³/mol. The Kier molecular flexibility index (Phi) is 3.46. The molecule has 0 aromatic heterocycles. The summed E-state index contributed by atoms with van der Waals surface area (Å²) in [6.07, 6.45) is 0. The van der Waals surface area contributed by atoms with Gasteiger partial charge < -0.3 is 10.4 Å². The van der Waals surface area contributed by atoms with Gasteiger partial charge in [-0.1, -0.05) is 0 Å². The Morgan fingerprint density at radius 1 is 1.67 bits per heavy atom. The van der Waals surface area contributed by atoms with Gasteiger partial charge in [0.1, 0.15) is 0 Å². The van der Waals surface area contributed by atoms with Gasteiger partial charge in [0.25, 0.3) is 0 Å². The Morgan fingerprint density at radius 2 is 2.42 bits per heavy atom. The van der Waals surface area contributed by atoms with Gasteiger partial charge in [0.05, 0.1) is 18.8 Å². The third-order valence-electron chi connectivity index (χ3n) is 2.53. The second-order valence-corrected chi connectivity index (χ2v) is 3.52. The topological polar surface area (TPSA) is 55.4 Å². The third kappa shape index (κ3) is 1.95. The summed E-state index contributed by atoms with van der Waals surface area (Å²) < 4.78 is 0. The minimum atomic E-state index is -0.233. The number of nitrogens with one attached hydrogen (secondary N) is 1. The number of piperazine rings is 1. The molecule has 0 aliphatic carbocycles. The predicted octanol–water partition coefficient (Wildman–Crippen LogP) is -0.927. The van der Waals surface area contributed by atoms with Crippen LogP contribution < -0.4 is 5.32 Å². The van der Waals surface area contributed by atoms with E-state index in [4.69, 9.17) is 5.11 Å². The lowest BCUT2D eigenvalue weighted by Gasteiger charge is -2.43. The lowest BCUT2D eigenvalue weighted by molar-refractivity contribution is 0.00517. The van der Waals surface area contributed by atoms with E-state index in [1.165, 1.54) is 0 Å².